The quantitative estimate of drug-likeness (QED) is 0.137. The van der Waals surface area contributed by atoms with Crippen molar-refractivity contribution in [2.24, 2.45) is 5.73 Å². The molecular formula is C29H40N3O8PS. The third-order valence-electron chi connectivity index (χ3n) is 6.57. The molecule has 2 unspecified atom stereocenters. The SMILES string of the molecule is CCP(=O)(CC)N(C(=O)CCC(N)C(=O)OCc1ccc(OC)cc1)C(CS)C(=O)NCC(=O)OCc1ccccc1. The molecule has 42 heavy (non-hydrogen) atoms. The van der Waals surface area contributed by atoms with Crippen molar-refractivity contribution < 1.29 is 38.0 Å². The molecule has 11 nitrogen and oxygen atoms in total. The number of hydrogen-bond donors (Lipinski definition) is 3. The zero-order valence-electron chi connectivity index (χ0n) is 24.2. The number of carbonyl (C=O) groups excluding carboxylic acids is 4. The van der Waals surface area contributed by atoms with E-state index in [4.69, 9.17) is 19.9 Å². The van der Waals surface area contributed by atoms with Gasteiger partial charge in [0.2, 0.25) is 11.8 Å². The van der Waals surface area contributed by atoms with Gasteiger partial charge in [-0.15, -0.1) is 0 Å². The van der Waals surface area contributed by atoms with Crippen LogP contribution < -0.4 is 15.8 Å². The van der Waals surface area contributed by atoms with Crippen molar-refractivity contribution >= 4 is 43.7 Å². The molecule has 0 fully saturated rings. The van der Waals surface area contributed by atoms with E-state index < -0.39 is 49.7 Å². The summed E-state index contributed by atoms with van der Waals surface area (Å²) in [4.78, 5) is 51.2. The standard InChI is InChI=1S/C29H40N3O8PS/c1-4-41(37,5-2)32(25(20-42)28(35)31-17-27(34)39-18-21-9-7-6-8-10-21)26(33)16-15-24(30)29(36)40-19-22-11-13-23(38-3)14-12-22/h6-14,24-25,42H,4-5,15-20,30H2,1-3H3,(H,31,35). The summed E-state index contributed by atoms with van der Waals surface area (Å²) in [7, 11) is -1.78. The summed E-state index contributed by atoms with van der Waals surface area (Å²) in [6.07, 6.45) is -0.0832. The number of carbonyl (C=O) groups is 4. The van der Waals surface area contributed by atoms with Crippen LogP contribution in [0.3, 0.4) is 0 Å². The number of benzene rings is 2. The topological polar surface area (TPSA) is 154 Å². The first-order valence-corrected chi connectivity index (χ1v) is 16.3. The van der Waals surface area contributed by atoms with E-state index in [1.165, 1.54) is 0 Å². The molecule has 2 aromatic carbocycles. The van der Waals surface area contributed by atoms with Crippen LogP contribution in [0.25, 0.3) is 0 Å². The van der Waals surface area contributed by atoms with Crippen molar-refractivity contribution in [1.82, 2.24) is 9.99 Å². The lowest BCUT2D eigenvalue weighted by atomic mass is 10.1. The van der Waals surface area contributed by atoms with E-state index in [0.29, 0.717) is 5.75 Å². The number of nitrogens with two attached hydrogens (primary N) is 1. The van der Waals surface area contributed by atoms with Crippen molar-refractivity contribution in [2.45, 2.75) is 52.0 Å². The van der Waals surface area contributed by atoms with Gasteiger partial charge >= 0.3 is 11.9 Å². The molecule has 2 aromatic rings. The number of thiol groups is 1. The molecule has 0 radical (unpaired) electrons. The lowest BCUT2D eigenvalue weighted by Crippen LogP contribution is -2.50. The number of amides is 2. The fraction of sp³-hybridized carbons (Fsp3) is 0.448. The molecule has 2 atom stereocenters. The Balaban J connectivity index is 1.99. The highest BCUT2D eigenvalue weighted by molar-refractivity contribution is 7.80. The van der Waals surface area contributed by atoms with Gasteiger partial charge in [0.15, 0.2) is 7.29 Å². The minimum atomic E-state index is -3.33. The largest absolute Gasteiger partial charge is 0.497 e. The average molecular weight is 622 g/mol. The van der Waals surface area contributed by atoms with E-state index >= 15 is 0 Å². The Morgan fingerprint density at radius 2 is 1.55 bits per heavy atom. The molecular weight excluding hydrogens is 581 g/mol. The Hall–Kier alpha value is -3.34. The molecule has 2 rings (SSSR count). The number of hydrogen-bond acceptors (Lipinski definition) is 10. The summed E-state index contributed by atoms with van der Waals surface area (Å²) < 4.78 is 30.4. The van der Waals surface area contributed by atoms with Gasteiger partial charge in [-0.05, 0) is 29.7 Å². The van der Waals surface area contributed by atoms with E-state index in [2.05, 4.69) is 17.9 Å². The Morgan fingerprint density at radius 1 is 0.952 bits per heavy atom. The molecule has 3 N–H and O–H groups in total. The normalized spacial score (nSPS) is 12.5. The van der Waals surface area contributed by atoms with Gasteiger partial charge in [0.05, 0.1) is 7.11 Å². The Labute approximate surface area is 252 Å². The van der Waals surface area contributed by atoms with Crippen molar-refractivity contribution in [3.8, 4) is 5.75 Å². The van der Waals surface area contributed by atoms with Gasteiger partial charge in [-0.3, -0.25) is 23.8 Å². The van der Waals surface area contributed by atoms with Crippen LogP contribution in [0.4, 0.5) is 0 Å². The molecule has 0 saturated carbocycles. The van der Waals surface area contributed by atoms with E-state index in [-0.39, 0.29) is 44.1 Å². The Morgan fingerprint density at radius 3 is 2.12 bits per heavy atom. The molecule has 0 heterocycles. The summed E-state index contributed by atoms with van der Waals surface area (Å²) in [5, 5.41) is 2.46. The van der Waals surface area contributed by atoms with Crippen LogP contribution in [0.15, 0.2) is 54.6 Å². The van der Waals surface area contributed by atoms with E-state index in [1.807, 2.05) is 18.2 Å². The van der Waals surface area contributed by atoms with E-state index in [9.17, 15) is 23.7 Å². The first-order chi connectivity index (χ1) is 20.1. The first kappa shape index (κ1) is 34.9. The van der Waals surface area contributed by atoms with Crippen LogP contribution in [0, 0.1) is 0 Å². The summed E-state index contributed by atoms with van der Waals surface area (Å²) in [6.45, 7) is 2.93. The zero-order chi connectivity index (χ0) is 31.1. The molecule has 0 bridgehead atoms. The number of rotatable bonds is 17. The Bertz CT molecular complexity index is 1220. The number of ether oxygens (including phenoxy) is 3. The highest BCUT2D eigenvalue weighted by Crippen LogP contribution is 2.50. The van der Waals surface area contributed by atoms with Gasteiger partial charge in [0.25, 0.3) is 0 Å². The van der Waals surface area contributed by atoms with Gasteiger partial charge in [0, 0.05) is 24.5 Å². The number of esters is 2. The molecule has 0 spiro atoms. The minimum absolute atomic E-state index is 0.00679. The second-order valence-electron chi connectivity index (χ2n) is 9.38. The van der Waals surface area contributed by atoms with Gasteiger partial charge in [-0.2, -0.15) is 12.6 Å². The second kappa shape index (κ2) is 17.6. The monoisotopic (exact) mass is 621 g/mol. The van der Waals surface area contributed by atoms with E-state index in [0.717, 1.165) is 15.8 Å². The number of nitrogens with zero attached hydrogens (tertiary/aromatic N) is 1. The predicted molar refractivity (Wildman–Crippen MR) is 162 cm³/mol. The summed E-state index contributed by atoms with van der Waals surface area (Å²) in [5.41, 5.74) is 7.51. The van der Waals surface area contributed by atoms with Crippen LogP contribution >= 0.6 is 19.9 Å². The molecule has 13 heteroatoms. The van der Waals surface area contributed by atoms with Crippen molar-refractivity contribution in [3.05, 3.63) is 65.7 Å². The van der Waals surface area contributed by atoms with Gasteiger partial charge in [0.1, 0.15) is 37.6 Å². The number of nitrogens with one attached hydrogen (secondary N) is 1. The van der Waals surface area contributed by atoms with Crippen LogP contribution in [0.2, 0.25) is 0 Å². The molecule has 0 aliphatic heterocycles. The maximum Gasteiger partial charge on any atom is 0.325 e. The number of methoxy groups -OCH3 is 1. The van der Waals surface area contributed by atoms with Crippen LogP contribution in [0.5, 0.6) is 5.75 Å². The fourth-order valence-electron chi connectivity index (χ4n) is 3.99. The third kappa shape index (κ3) is 10.5. The minimum Gasteiger partial charge on any atom is -0.497 e. The van der Waals surface area contributed by atoms with Crippen LogP contribution in [-0.4, -0.2) is 72.2 Å². The van der Waals surface area contributed by atoms with Crippen molar-refractivity contribution in [1.29, 1.82) is 0 Å². The average Bonchev–Trinajstić information content (AvgIpc) is 3.02. The lowest BCUT2D eigenvalue weighted by Gasteiger charge is -2.36. The predicted octanol–water partition coefficient (Wildman–Crippen LogP) is 3.15. The lowest BCUT2D eigenvalue weighted by molar-refractivity contribution is -0.147. The Kier molecular flexibility index (Phi) is 14.6. The highest BCUT2D eigenvalue weighted by Gasteiger charge is 2.40. The maximum atomic E-state index is 13.7. The van der Waals surface area contributed by atoms with Gasteiger partial charge < -0.3 is 29.8 Å². The molecule has 230 valence electrons. The molecule has 0 saturated heterocycles. The maximum absolute atomic E-state index is 13.7. The molecule has 2 amide bonds. The third-order valence-corrected chi connectivity index (χ3v) is 10.2. The van der Waals surface area contributed by atoms with Gasteiger partial charge in [-0.25, -0.2) is 0 Å². The smallest absolute Gasteiger partial charge is 0.325 e. The molecule has 0 aromatic heterocycles. The van der Waals surface area contributed by atoms with Crippen LogP contribution in [0.1, 0.15) is 37.8 Å². The fourth-order valence-corrected chi connectivity index (χ4v) is 6.71. The summed E-state index contributed by atoms with van der Waals surface area (Å²) in [6, 6.07) is 13.7. The molecule has 0 aliphatic carbocycles. The highest BCUT2D eigenvalue weighted by atomic mass is 32.1. The zero-order valence-corrected chi connectivity index (χ0v) is 26.0. The summed E-state index contributed by atoms with van der Waals surface area (Å²) >= 11 is 4.25. The first-order valence-electron chi connectivity index (χ1n) is 13.6. The van der Waals surface area contributed by atoms with Crippen molar-refractivity contribution in [2.75, 3.05) is 31.7 Å². The van der Waals surface area contributed by atoms with Crippen LogP contribution in [-0.2, 0) is 46.4 Å². The summed E-state index contributed by atoms with van der Waals surface area (Å²) in [5.74, 6) is -2.15. The van der Waals surface area contributed by atoms with E-state index in [1.54, 1.807) is 57.4 Å². The van der Waals surface area contributed by atoms with Crippen molar-refractivity contribution in [3.63, 3.8) is 0 Å². The second-order valence-corrected chi connectivity index (χ2v) is 13.1. The van der Waals surface area contributed by atoms with Gasteiger partial charge in [-0.1, -0.05) is 56.3 Å². The molecule has 0 aliphatic rings.